The number of rotatable bonds is 6. The van der Waals surface area contributed by atoms with Crippen molar-refractivity contribution in [2.45, 2.75) is 53.4 Å². The molecule has 2 rings (SSSR count). The molecule has 1 amide bonds. The molecule has 0 unspecified atom stereocenters. The number of hydrogen-bond donors (Lipinski definition) is 1. The van der Waals surface area contributed by atoms with Gasteiger partial charge in [0.05, 0.1) is 5.69 Å². The van der Waals surface area contributed by atoms with E-state index in [1.807, 2.05) is 13.8 Å². The standard InChI is InChI=1S/C19H25N3O2/c1-5-7-8-17-13(3)21-22(14(17)4)19(24)15-9-11-16(12-10-15)20-18(23)6-2/h9-12H,5-8H2,1-4H3,(H,20,23). The number of nitrogens with one attached hydrogen (secondary N) is 1. The van der Waals surface area contributed by atoms with Crippen molar-refractivity contribution in [2.75, 3.05) is 5.32 Å². The SMILES string of the molecule is CCCCc1c(C)nn(C(=O)c2ccc(NC(=O)CC)cc2)c1C. The Labute approximate surface area is 143 Å². The summed E-state index contributed by atoms with van der Waals surface area (Å²) in [5.41, 5.74) is 4.24. The molecule has 0 spiro atoms. The summed E-state index contributed by atoms with van der Waals surface area (Å²) in [6, 6.07) is 6.92. The largest absolute Gasteiger partial charge is 0.326 e. The van der Waals surface area contributed by atoms with Crippen LogP contribution >= 0.6 is 0 Å². The molecule has 0 radical (unpaired) electrons. The first-order valence-corrected chi connectivity index (χ1v) is 8.47. The van der Waals surface area contributed by atoms with E-state index in [0.717, 1.165) is 36.2 Å². The van der Waals surface area contributed by atoms with Gasteiger partial charge in [-0.1, -0.05) is 20.3 Å². The second-order valence-corrected chi connectivity index (χ2v) is 5.95. The normalized spacial score (nSPS) is 10.7. The second-order valence-electron chi connectivity index (χ2n) is 5.95. The quantitative estimate of drug-likeness (QED) is 0.875. The number of nitrogens with zero attached hydrogens (tertiary/aromatic N) is 2. The molecule has 2 aromatic rings. The Bertz CT molecular complexity index is 730. The fourth-order valence-electron chi connectivity index (χ4n) is 2.66. The minimum absolute atomic E-state index is 0.0480. The first-order valence-electron chi connectivity index (χ1n) is 8.47. The molecule has 0 atom stereocenters. The Morgan fingerprint density at radius 3 is 2.38 bits per heavy atom. The summed E-state index contributed by atoms with van der Waals surface area (Å²) in [5, 5.41) is 7.19. The molecule has 1 aromatic heterocycles. The van der Waals surface area contributed by atoms with Gasteiger partial charge >= 0.3 is 0 Å². The van der Waals surface area contributed by atoms with Crippen LogP contribution in [0.5, 0.6) is 0 Å². The van der Waals surface area contributed by atoms with Crippen molar-refractivity contribution in [3.63, 3.8) is 0 Å². The summed E-state index contributed by atoms with van der Waals surface area (Å²) in [7, 11) is 0. The highest BCUT2D eigenvalue weighted by molar-refractivity contribution is 5.97. The molecule has 1 aromatic carbocycles. The van der Waals surface area contributed by atoms with Gasteiger partial charge < -0.3 is 5.32 Å². The van der Waals surface area contributed by atoms with E-state index in [2.05, 4.69) is 17.3 Å². The Morgan fingerprint density at radius 1 is 1.12 bits per heavy atom. The maximum Gasteiger partial charge on any atom is 0.278 e. The van der Waals surface area contributed by atoms with Gasteiger partial charge in [-0.05, 0) is 56.5 Å². The summed E-state index contributed by atoms with van der Waals surface area (Å²) in [6.45, 7) is 7.84. The highest BCUT2D eigenvalue weighted by Crippen LogP contribution is 2.18. The van der Waals surface area contributed by atoms with Crippen molar-refractivity contribution in [1.82, 2.24) is 9.78 Å². The van der Waals surface area contributed by atoms with Crippen molar-refractivity contribution in [3.05, 3.63) is 46.8 Å². The topological polar surface area (TPSA) is 64.0 Å². The zero-order chi connectivity index (χ0) is 17.7. The van der Waals surface area contributed by atoms with Crippen LogP contribution in [0.3, 0.4) is 0 Å². The molecule has 1 N–H and O–H groups in total. The summed E-state index contributed by atoms with van der Waals surface area (Å²) < 4.78 is 1.49. The highest BCUT2D eigenvalue weighted by Gasteiger charge is 2.17. The lowest BCUT2D eigenvalue weighted by molar-refractivity contribution is -0.115. The van der Waals surface area contributed by atoms with Crippen LogP contribution in [-0.2, 0) is 11.2 Å². The number of benzene rings is 1. The molecule has 0 saturated carbocycles. The van der Waals surface area contributed by atoms with E-state index in [1.54, 1.807) is 31.2 Å². The number of aryl methyl sites for hydroxylation is 1. The van der Waals surface area contributed by atoms with Gasteiger partial charge in [-0.15, -0.1) is 0 Å². The average Bonchev–Trinajstić information content (AvgIpc) is 2.87. The first kappa shape index (κ1) is 17.9. The number of carbonyl (C=O) groups excluding carboxylic acids is 2. The fourth-order valence-corrected chi connectivity index (χ4v) is 2.66. The zero-order valence-electron chi connectivity index (χ0n) is 14.8. The molecule has 0 bridgehead atoms. The molecule has 5 nitrogen and oxygen atoms in total. The minimum Gasteiger partial charge on any atom is -0.326 e. The number of aromatic nitrogens is 2. The third-order valence-corrected chi connectivity index (χ3v) is 4.15. The molecule has 0 aliphatic rings. The van der Waals surface area contributed by atoms with Crippen LogP contribution < -0.4 is 5.32 Å². The Balaban J connectivity index is 2.21. The second kappa shape index (κ2) is 7.90. The van der Waals surface area contributed by atoms with Gasteiger partial charge in [0.15, 0.2) is 0 Å². The molecule has 0 aliphatic carbocycles. The number of hydrogen-bond acceptors (Lipinski definition) is 3. The lowest BCUT2D eigenvalue weighted by Crippen LogP contribution is -2.16. The number of anilines is 1. The van der Waals surface area contributed by atoms with E-state index in [1.165, 1.54) is 4.68 Å². The van der Waals surface area contributed by atoms with Gasteiger partial charge in [0.25, 0.3) is 5.91 Å². The van der Waals surface area contributed by atoms with Crippen molar-refractivity contribution >= 4 is 17.5 Å². The van der Waals surface area contributed by atoms with Crippen LogP contribution in [0.1, 0.15) is 60.4 Å². The van der Waals surface area contributed by atoms with Gasteiger partial charge in [-0.3, -0.25) is 9.59 Å². The maximum absolute atomic E-state index is 12.7. The van der Waals surface area contributed by atoms with Gasteiger partial charge in [0, 0.05) is 23.4 Å². The molecular formula is C19H25N3O2. The van der Waals surface area contributed by atoms with Gasteiger partial charge in [0.1, 0.15) is 0 Å². The average molecular weight is 327 g/mol. The fraction of sp³-hybridized carbons (Fsp3) is 0.421. The van der Waals surface area contributed by atoms with Crippen molar-refractivity contribution < 1.29 is 9.59 Å². The number of amides is 1. The van der Waals surface area contributed by atoms with Crippen LogP contribution in [0.4, 0.5) is 5.69 Å². The van der Waals surface area contributed by atoms with E-state index in [9.17, 15) is 9.59 Å². The molecule has 128 valence electrons. The Morgan fingerprint density at radius 2 is 1.79 bits per heavy atom. The summed E-state index contributed by atoms with van der Waals surface area (Å²) in [4.78, 5) is 24.1. The molecule has 24 heavy (non-hydrogen) atoms. The van der Waals surface area contributed by atoms with Crippen LogP contribution in [0.15, 0.2) is 24.3 Å². The highest BCUT2D eigenvalue weighted by atomic mass is 16.2. The zero-order valence-corrected chi connectivity index (χ0v) is 14.8. The van der Waals surface area contributed by atoms with Crippen LogP contribution in [0, 0.1) is 13.8 Å². The minimum atomic E-state index is -0.147. The number of carbonyl (C=O) groups is 2. The summed E-state index contributed by atoms with van der Waals surface area (Å²) >= 11 is 0. The first-order chi connectivity index (χ1) is 11.5. The van der Waals surface area contributed by atoms with Gasteiger partial charge in [0.2, 0.25) is 5.91 Å². The lowest BCUT2D eigenvalue weighted by atomic mass is 10.1. The smallest absolute Gasteiger partial charge is 0.278 e. The molecule has 0 fully saturated rings. The molecule has 0 aliphatic heterocycles. The van der Waals surface area contributed by atoms with E-state index in [-0.39, 0.29) is 11.8 Å². The van der Waals surface area contributed by atoms with E-state index < -0.39 is 0 Å². The van der Waals surface area contributed by atoms with Crippen LogP contribution in [-0.4, -0.2) is 21.6 Å². The third-order valence-electron chi connectivity index (χ3n) is 4.15. The van der Waals surface area contributed by atoms with Crippen molar-refractivity contribution in [2.24, 2.45) is 0 Å². The van der Waals surface area contributed by atoms with E-state index in [4.69, 9.17) is 0 Å². The van der Waals surface area contributed by atoms with Crippen molar-refractivity contribution in [1.29, 1.82) is 0 Å². The maximum atomic E-state index is 12.7. The molecule has 5 heteroatoms. The van der Waals surface area contributed by atoms with Crippen molar-refractivity contribution in [3.8, 4) is 0 Å². The Hall–Kier alpha value is -2.43. The van der Waals surface area contributed by atoms with E-state index in [0.29, 0.717) is 17.7 Å². The predicted molar refractivity (Wildman–Crippen MR) is 95.4 cm³/mol. The molecular weight excluding hydrogens is 302 g/mol. The lowest BCUT2D eigenvalue weighted by Gasteiger charge is -2.07. The summed E-state index contributed by atoms with van der Waals surface area (Å²) in [6.07, 6.45) is 3.58. The monoisotopic (exact) mass is 327 g/mol. The number of unbranched alkanes of at least 4 members (excludes halogenated alkanes) is 1. The molecule has 0 saturated heterocycles. The Kier molecular flexibility index (Phi) is 5.90. The van der Waals surface area contributed by atoms with Gasteiger partial charge in [-0.25, -0.2) is 4.68 Å². The van der Waals surface area contributed by atoms with E-state index >= 15 is 0 Å². The third kappa shape index (κ3) is 3.91. The molecule has 1 heterocycles. The van der Waals surface area contributed by atoms with Crippen LogP contribution in [0.25, 0.3) is 0 Å². The predicted octanol–water partition coefficient (Wildman–Crippen LogP) is 3.88. The van der Waals surface area contributed by atoms with Gasteiger partial charge in [-0.2, -0.15) is 5.10 Å². The summed E-state index contributed by atoms with van der Waals surface area (Å²) in [5.74, 6) is -0.195. The van der Waals surface area contributed by atoms with Crippen LogP contribution in [0.2, 0.25) is 0 Å².